The van der Waals surface area contributed by atoms with Crippen LogP contribution in [0.3, 0.4) is 0 Å². The lowest BCUT2D eigenvalue weighted by Gasteiger charge is -2.29. The number of hydrogen-bond acceptors (Lipinski definition) is 2. The number of benzene rings is 1. The normalized spacial score (nSPS) is 10.9. The number of rotatable bonds is 6. The first kappa shape index (κ1) is 18.8. The average Bonchev–Trinajstić information content (AvgIpc) is 2.47. The van der Waals surface area contributed by atoms with Crippen LogP contribution in [0.5, 0.6) is 0 Å². The summed E-state index contributed by atoms with van der Waals surface area (Å²) in [4.78, 5) is 12.6. The Bertz CT molecular complexity index is 568. The van der Waals surface area contributed by atoms with Crippen molar-refractivity contribution in [1.82, 2.24) is 5.32 Å². The van der Waals surface area contributed by atoms with Crippen LogP contribution in [0.4, 0.5) is 5.69 Å². The molecular formula is C17H23BrN2OS. The largest absolute Gasteiger partial charge is 0.331 e. The molecule has 0 aliphatic rings. The van der Waals surface area contributed by atoms with Crippen LogP contribution in [0.1, 0.15) is 38.7 Å². The SMILES string of the molecule is C=CCC(CC)(CC)C(=O)NC(=S)Nc1ccc(C)cc1Br. The lowest BCUT2D eigenvalue weighted by Crippen LogP contribution is -2.44. The van der Waals surface area contributed by atoms with Crippen LogP contribution in [0.25, 0.3) is 0 Å². The topological polar surface area (TPSA) is 41.1 Å². The molecule has 0 saturated heterocycles. The molecule has 0 fully saturated rings. The van der Waals surface area contributed by atoms with Gasteiger partial charge in [0.15, 0.2) is 5.11 Å². The van der Waals surface area contributed by atoms with E-state index in [1.54, 1.807) is 6.08 Å². The number of thiocarbonyl (C=S) groups is 1. The van der Waals surface area contributed by atoms with E-state index in [1.165, 1.54) is 0 Å². The molecule has 0 heterocycles. The van der Waals surface area contributed by atoms with Crippen molar-refractivity contribution >= 4 is 44.9 Å². The second-order valence-electron chi connectivity index (χ2n) is 5.37. The van der Waals surface area contributed by atoms with Gasteiger partial charge in [0.05, 0.1) is 11.1 Å². The fourth-order valence-corrected chi connectivity index (χ4v) is 3.13. The highest BCUT2D eigenvalue weighted by molar-refractivity contribution is 9.10. The van der Waals surface area contributed by atoms with E-state index >= 15 is 0 Å². The van der Waals surface area contributed by atoms with E-state index in [2.05, 4.69) is 33.1 Å². The molecule has 0 spiro atoms. The van der Waals surface area contributed by atoms with Crippen LogP contribution >= 0.6 is 28.1 Å². The van der Waals surface area contributed by atoms with Gasteiger partial charge in [-0.15, -0.1) is 6.58 Å². The summed E-state index contributed by atoms with van der Waals surface area (Å²) in [6, 6.07) is 5.90. The zero-order valence-corrected chi connectivity index (χ0v) is 15.7. The third-order valence-electron chi connectivity index (χ3n) is 3.97. The van der Waals surface area contributed by atoms with Crippen molar-refractivity contribution < 1.29 is 4.79 Å². The predicted molar refractivity (Wildman–Crippen MR) is 101 cm³/mol. The summed E-state index contributed by atoms with van der Waals surface area (Å²) in [7, 11) is 0. The number of anilines is 1. The lowest BCUT2D eigenvalue weighted by molar-refractivity contribution is -0.129. The van der Waals surface area contributed by atoms with E-state index in [1.807, 2.05) is 39.0 Å². The average molecular weight is 383 g/mol. The van der Waals surface area contributed by atoms with Crippen molar-refractivity contribution in [2.45, 2.75) is 40.0 Å². The third-order valence-corrected chi connectivity index (χ3v) is 4.83. The molecule has 1 aromatic rings. The summed E-state index contributed by atoms with van der Waals surface area (Å²) in [5.74, 6) is -0.0573. The number of carbonyl (C=O) groups is 1. The van der Waals surface area contributed by atoms with E-state index in [0.29, 0.717) is 11.5 Å². The summed E-state index contributed by atoms with van der Waals surface area (Å²) >= 11 is 8.75. The maximum Gasteiger partial charge on any atom is 0.232 e. The highest BCUT2D eigenvalue weighted by atomic mass is 79.9. The van der Waals surface area contributed by atoms with E-state index < -0.39 is 5.41 Å². The molecule has 0 unspecified atom stereocenters. The predicted octanol–water partition coefficient (Wildman–Crippen LogP) is 4.95. The lowest BCUT2D eigenvalue weighted by atomic mass is 9.78. The third kappa shape index (κ3) is 4.65. The van der Waals surface area contributed by atoms with Crippen molar-refractivity contribution in [2.24, 2.45) is 5.41 Å². The molecule has 0 aliphatic heterocycles. The van der Waals surface area contributed by atoms with Crippen molar-refractivity contribution in [3.05, 3.63) is 40.9 Å². The summed E-state index contributed by atoms with van der Waals surface area (Å²) < 4.78 is 0.910. The van der Waals surface area contributed by atoms with Gasteiger partial charge in [-0.3, -0.25) is 4.79 Å². The summed E-state index contributed by atoms with van der Waals surface area (Å²) in [6.45, 7) is 9.80. The number of hydrogen-bond donors (Lipinski definition) is 2. The van der Waals surface area contributed by atoms with E-state index in [4.69, 9.17) is 12.2 Å². The molecule has 5 heteroatoms. The maximum atomic E-state index is 12.6. The first-order valence-corrected chi connectivity index (χ1v) is 8.58. The number of allylic oxidation sites excluding steroid dienone is 1. The molecule has 0 atom stereocenters. The van der Waals surface area contributed by atoms with Gasteiger partial charge in [0, 0.05) is 4.47 Å². The van der Waals surface area contributed by atoms with Gasteiger partial charge in [-0.1, -0.05) is 26.0 Å². The van der Waals surface area contributed by atoms with Gasteiger partial charge in [0.25, 0.3) is 0 Å². The first-order valence-electron chi connectivity index (χ1n) is 7.38. The van der Waals surface area contributed by atoms with Crippen LogP contribution in [-0.4, -0.2) is 11.0 Å². The van der Waals surface area contributed by atoms with E-state index in [9.17, 15) is 4.79 Å². The van der Waals surface area contributed by atoms with E-state index in [0.717, 1.165) is 28.6 Å². The monoisotopic (exact) mass is 382 g/mol. The van der Waals surface area contributed by atoms with Crippen molar-refractivity contribution in [2.75, 3.05) is 5.32 Å². The van der Waals surface area contributed by atoms with Gasteiger partial charge in [0.2, 0.25) is 5.91 Å². The first-order chi connectivity index (χ1) is 10.4. The molecule has 120 valence electrons. The summed E-state index contributed by atoms with van der Waals surface area (Å²) in [5, 5.41) is 6.18. The Hall–Kier alpha value is -1.20. The quantitative estimate of drug-likeness (QED) is 0.539. The standard InChI is InChI=1S/C17H23BrN2OS/c1-5-10-17(6-2,7-3)15(21)20-16(22)19-14-9-8-12(4)11-13(14)18/h5,8-9,11H,1,6-7,10H2,2-4H3,(H2,19,20,21,22). The number of carbonyl (C=O) groups excluding carboxylic acids is 1. The van der Waals surface area contributed by atoms with Gasteiger partial charge in [0.1, 0.15) is 0 Å². The molecule has 0 aliphatic carbocycles. The van der Waals surface area contributed by atoms with Crippen molar-refractivity contribution in [3.8, 4) is 0 Å². The Labute approximate surface area is 146 Å². The van der Waals surface area contributed by atoms with Crippen LogP contribution in [-0.2, 0) is 4.79 Å². The Morgan fingerprint density at radius 2 is 2.05 bits per heavy atom. The molecule has 0 bridgehead atoms. The Balaban J connectivity index is 2.78. The van der Waals surface area contributed by atoms with Crippen LogP contribution in [0.15, 0.2) is 35.3 Å². The zero-order chi connectivity index (χ0) is 16.8. The molecule has 1 aromatic carbocycles. The number of halogens is 1. The van der Waals surface area contributed by atoms with E-state index in [-0.39, 0.29) is 5.91 Å². The highest BCUT2D eigenvalue weighted by Crippen LogP contribution is 2.31. The molecule has 0 radical (unpaired) electrons. The number of amides is 1. The number of nitrogens with one attached hydrogen (secondary N) is 2. The minimum absolute atomic E-state index is 0.0573. The Morgan fingerprint density at radius 1 is 1.41 bits per heavy atom. The van der Waals surface area contributed by atoms with Gasteiger partial charge in [-0.05, 0) is 72.0 Å². The van der Waals surface area contributed by atoms with Crippen LogP contribution in [0.2, 0.25) is 0 Å². The summed E-state index contributed by atoms with van der Waals surface area (Å²) in [6.07, 6.45) is 3.93. The minimum atomic E-state index is -0.446. The van der Waals surface area contributed by atoms with Gasteiger partial charge < -0.3 is 10.6 Å². The van der Waals surface area contributed by atoms with Gasteiger partial charge >= 0.3 is 0 Å². The summed E-state index contributed by atoms with van der Waals surface area (Å²) in [5.41, 5.74) is 1.53. The Kier molecular flexibility index (Phi) is 7.23. The molecule has 1 rings (SSSR count). The molecule has 1 amide bonds. The molecule has 2 N–H and O–H groups in total. The van der Waals surface area contributed by atoms with Gasteiger partial charge in [-0.25, -0.2) is 0 Å². The zero-order valence-electron chi connectivity index (χ0n) is 13.3. The maximum absolute atomic E-state index is 12.6. The molecule has 0 saturated carbocycles. The molecular weight excluding hydrogens is 360 g/mol. The van der Waals surface area contributed by atoms with Crippen molar-refractivity contribution in [3.63, 3.8) is 0 Å². The smallest absolute Gasteiger partial charge is 0.232 e. The second-order valence-corrected chi connectivity index (χ2v) is 6.63. The van der Waals surface area contributed by atoms with Crippen LogP contribution < -0.4 is 10.6 Å². The fourth-order valence-electron chi connectivity index (χ4n) is 2.34. The fraction of sp³-hybridized carbons (Fsp3) is 0.412. The van der Waals surface area contributed by atoms with Crippen molar-refractivity contribution in [1.29, 1.82) is 0 Å². The molecule has 3 nitrogen and oxygen atoms in total. The van der Waals surface area contributed by atoms with Gasteiger partial charge in [-0.2, -0.15) is 0 Å². The van der Waals surface area contributed by atoms with Crippen LogP contribution in [0, 0.1) is 12.3 Å². The number of aryl methyl sites for hydroxylation is 1. The Morgan fingerprint density at radius 3 is 2.55 bits per heavy atom. The minimum Gasteiger partial charge on any atom is -0.331 e. The molecule has 0 aromatic heterocycles. The highest BCUT2D eigenvalue weighted by Gasteiger charge is 2.33. The molecule has 22 heavy (non-hydrogen) atoms. The second kappa shape index (κ2) is 8.44.